The number of aromatic nitrogens is 1. The molecule has 1 aromatic heterocycles. The van der Waals surface area contributed by atoms with Crippen LogP contribution in [0, 0.1) is 18.3 Å². The van der Waals surface area contributed by atoms with Gasteiger partial charge in [0.1, 0.15) is 17.5 Å². The Labute approximate surface area is 132 Å². The van der Waals surface area contributed by atoms with Gasteiger partial charge in [0.15, 0.2) is 5.78 Å². The van der Waals surface area contributed by atoms with Crippen LogP contribution in [0.1, 0.15) is 27.3 Å². The molecule has 2 rings (SSSR count). The zero-order valence-electron chi connectivity index (χ0n) is 12.6. The van der Waals surface area contributed by atoms with Crippen molar-refractivity contribution in [3.63, 3.8) is 0 Å². The molecule has 0 aliphatic heterocycles. The Morgan fingerprint density at radius 3 is 2.52 bits per heavy atom. The molecular weight excluding hydrogens is 302 g/mol. The van der Waals surface area contributed by atoms with Gasteiger partial charge in [-0.3, -0.25) is 4.79 Å². The van der Waals surface area contributed by atoms with Crippen molar-refractivity contribution in [1.29, 1.82) is 5.26 Å². The first-order chi connectivity index (χ1) is 10.9. The van der Waals surface area contributed by atoms with Crippen LogP contribution in [-0.4, -0.2) is 17.0 Å². The van der Waals surface area contributed by atoms with Gasteiger partial charge < -0.3 is 9.30 Å². The summed E-state index contributed by atoms with van der Waals surface area (Å²) in [6, 6.07) is 9.23. The highest BCUT2D eigenvalue weighted by Crippen LogP contribution is 2.17. The molecule has 0 N–H and O–H groups in total. The van der Waals surface area contributed by atoms with E-state index >= 15 is 0 Å². The smallest absolute Gasteiger partial charge is 0.387 e. The highest BCUT2D eigenvalue weighted by Gasteiger charge is 2.08. The van der Waals surface area contributed by atoms with Gasteiger partial charge in [0.2, 0.25) is 0 Å². The number of ketones is 1. The van der Waals surface area contributed by atoms with Crippen molar-refractivity contribution in [3.05, 3.63) is 58.9 Å². The molecule has 1 heterocycles. The monoisotopic (exact) mass is 316 g/mol. The third kappa shape index (κ3) is 3.83. The maximum atomic E-state index is 12.1. The van der Waals surface area contributed by atoms with Gasteiger partial charge in [0.25, 0.3) is 0 Å². The lowest BCUT2D eigenvalue weighted by atomic mass is 10.1. The lowest BCUT2D eigenvalue weighted by molar-refractivity contribution is -0.0498. The molecule has 2 aromatic rings. The summed E-state index contributed by atoms with van der Waals surface area (Å²) >= 11 is 0. The van der Waals surface area contributed by atoms with Crippen molar-refractivity contribution in [2.75, 3.05) is 0 Å². The molecule has 0 aliphatic rings. The normalized spacial score (nSPS) is 11.0. The Balaban J connectivity index is 2.14. The number of ether oxygens (including phenoxy) is 1. The van der Waals surface area contributed by atoms with E-state index in [1.165, 1.54) is 30.3 Å². The zero-order chi connectivity index (χ0) is 17.0. The first-order valence-electron chi connectivity index (χ1n) is 6.76. The quantitative estimate of drug-likeness (QED) is 0.624. The number of carbonyl (C=O) groups excluding carboxylic acids is 1. The maximum absolute atomic E-state index is 12.1. The van der Waals surface area contributed by atoms with Gasteiger partial charge in [0.05, 0.1) is 0 Å². The summed E-state index contributed by atoms with van der Waals surface area (Å²) in [7, 11) is 1.77. The van der Waals surface area contributed by atoms with Crippen LogP contribution in [0.25, 0.3) is 6.08 Å². The summed E-state index contributed by atoms with van der Waals surface area (Å²) in [6.45, 7) is -1.05. The zero-order valence-corrected chi connectivity index (χ0v) is 12.6. The van der Waals surface area contributed by atoms with E-state index < -0.39 is 6.61 Å². The number of allylic oxidation sites excluding steroid dienone is 1. The van der Waals surface area contributed by atoms with Crippen LogP contribution >= 0.6 is 0 Å². The Hall–Kier alpha value is -2.94. The molecule has 0 amide bonds. The van der Waals surface area contributed by atoms with Crippen LogP contribution in [0.5, 0.6) is 5.75 Å². The lowest BCUT2D eigenvalue weighted by Gasteiger charge is -2.04. The van der Waals surface area contributed by atoms with Crippen molar-refractivity contribution in [3.8, 4) is 11.8 Å². The summed E-state index contributed by atoms with van der Waals surface area (Å²) in [6.07, 6.45) is 3.01. The molecule has 4 nitrogen and oxygen atoms in total. The van der Waals surface area contributed by atoms with E-state index in [1.807, 2.05) is 6.92 Å². The number of hydrogen-bond donors (Lipinski definition) is 0. The van der Waals surface area contributed by atoms with Crippen LogP contribution in [0.15, 0.2) is 36.4 Å². The van der Waals surface area contributed by atoms with Crippen LogP contribution in [0.4, 0.5) is 8.78 Å². The summed E-state index contributed by atoms with van der Waals surface area (Å²) in [4.78, 5) is 12.1. The van der Waals surface area contributed by atoms with E-state index in [4.69, 9.17) is 5.26 Å². The van der Waals surface area contributed by atoms with E-state index in [-0.39, 0.29) is 11.5 Å². The first-order valence-corrected chi connectivity index (χ1v) is 6.76. The molecule has 0 radical (unpaired) electrons. The van der Waals surface area contributed by atoms with E-state index in [2.05, 4.69) is 10.8 Å². The van der Waals surface area contributed by atoms with Crippen molar-refractivity contribution in [2.24, 2.45) is 7.05 Å². The van der Waals surface area contributed by atoms with Crippen LogP contribution in [0.3, 0.4) is 0 Å². The molecule has 0 fully saturated rings. The largest absolute Gasteiger partial charge is 0.435 e. The third-order valence-corrected chi connectivity index (χ3v) is 3.47. The number of alkyl halides is 2. The fraction of sp³-hybridized carbons (Fsp3) is 0.176. The fourth-order valence-corrected chi connectivity index (χ4v) is 2.06. The molecule has 0 saturated heterocycles. The number of nitrogens with zero attached hydrogens (tertiary/aromatic N) is 2. The Bertz CT molecular complexity index is 784. The molecule has 1 aromatic carbocycles. The highest BCUT2D eigenvalue weighted by atomic mass is 19.3. The number of nitriles is 1. The van der Waals surface area contributed by atoms with E-state index in [0.29, 0.717) is 11.3 Å². The van der Waals surface area contributed by atoms with Gasteiger partial charge in [-0.05, 0) is 55.0 Å². The molecule has 6 heteroatoms. The van der Waals surface area contributed by atoms with Crippen LogP contribution in [-0.2, 0) is 7.05 Å². The summed E-state index contributed by atoms with van der Waals surface area (Å²) < 4.78 is 30.1. The van der Waals surface area contributed by atoms with Crippen molar-refractivity contribution < 1.29 is 18.3 Å². The molecular formula is C17H14F2N2O2. The Morgan fingerprint density at radius 2 is 2.00 bits per heavy atom. The molecule has 0 spiro atoms. The molecule has 0 bridgehead atoms. The summed E-state index contributed by atoms with van der Waals surface area (Å²) in [5.41, 5.74) is 2.50. The average molecular weight is 316 g/mol. The fourth-order valence-electron chi connectivity index (χ4n) is 2.06. The second-order valence-electron chi connectivity index (χ2n) is 4.84. The van der Waals surface area contributed by atoms with E-state index in [0.717, 1.165) is 11.3 Å². The topological polar surface area (TPSA) is 55.0 Å². The molecule has 0 saturated carbocycles. The minimum atomic E-state index is -2.90. The van der Waals surface area contributed by atoms with Gasteiger partial charge in [-0.15, -0.1) is 0 Å². The van der Waals surface area contributed by atoms with Gasteiger partial charge in [-0.2, -0.15) is 14.0 Å². The first kappa shape index (κ1) is 16.4. The van der Waals surface area contributed by atoms with E-state index in [9.17, 15) is 13.6 Å². The summed E-state index contributed by atoms with van der Waals surface area (Å²) in [5.74, 6) is -0.270. The predicted octanol–water partition coefficient (Wildman–Crippen LogP) is 3.70. The Kier molecular flexibility index (Phi) is 4.91. The molecule has 0 atom stereocenters. The minimum absolute atomic E-state index is 0.00176. The van der Waals surface area contributed by atoms with Crippen LogP contribution in [0.2, 0.25) is 0 Å². The third-order valence-electron chi connectivity index (χ3n) is 3.47. The van der Waals surface area contributed by atoms with Gasteiger partial charge >= 0.3 is 6.61 Å². The number of carbonyl (C=O) groups is 1. The SMILES string of the molecule is Cc1c(/C=C/C(=O)c2ccc(OC(F)F)cc2)cc(C#N)n1C. The second kappa shape index (κ2) is 6.88. The summed E-state index contributed by atoms with van der Waals surface area (Å²) in [5, 5.41) is 8.97. The predicted molar refractivity (Wildman–Crippen MR) is 81.3 cm³/mol. The molecule has 23 heavy (non-hydrogen) atoms. The number of benzene rings is 1. The molecule has 0 unspecified atom stereocenters. The van der Waals surface area contributed by atoms with Crippen LogP contribution < -0.4 is 4.74 Å². The maximum Gasteiger partial charge on any atom is 0.387 e. The van der Waals surface area contributed by atoms with Gasteiger partial charge in [-0.1, -0.05) is 0 Å². The van der Waals surface area contributed by atoms with Crippen molar-refractivity contribution >= 4 is 11.9 Å². The highest BCUT2D eigenvalue weighted by molar-refractivity contribution is 6.06. The second-order valence-corrected chi connectivity index (χ2v) is 4.84. The van der Waals surface area contributed by atoms with Crippen molar-refractivity contribution in [2.45, 2.75) is 13.5 Å². The minimum Gasteiger partial charge on any atom is -0.435 e. The van der Waals surface area contributed by atoms with E-state index in [1.54, 1.807) is 23.8 Å². The number of halogens is 2. The van der Waals surface area contributed by atoms with Crippen molar-refractivity contribution in [1.82, 2.24) is 4.57 Å². The Morgan fingerprint density at radius 1 is 1.35 bits per heavy atom. The molecule has 0 aliphatic carbocycles. The number of rotatable bonds is 5. The lowest BCUT2D eigenvalue weighted by Crippen LogP contribution is -2.02. The van der Waals surface area contributed by atoms with Gasteiger partial charge in [-0.25, -0.2) is 0 Å². The average Bonchev–Trinajstić information content (AvgIpc) is 2.80. The number of hydrogen-bond acceptors (Lipinski definition) is 3. The van der Waals surface area contributed by atoms with Gasteiger partial charge in [0, 0.05) is 18.3 Å². The standard InChI is InChI=1S/C17H14F2N2O2/c1-11-13(9-14(10-20)21(11)2)5-8-16(22)12-3-6-15(7-4-12)23-17(18)19/h3-9,17H,1-2H3/b8-5+. The molecule has 118 valence electrons.